The van der Waals surface area contributed by atoms with E-state index in [0.29, 0.717) is 5.56 Å². The van der Waals surface area contributed by atoms with Crippen LogP contribution in [0.5, 0.6) is 0 Å². The van der Waals surface area contributed by atoms with Crippen molar-refractivity contribution in [2.24, 2.45) is 0 Å². The smallest absolute Gasteiger partial charge is 0.338 e. The Hall–Kier alpha value is -1.88. The number of hydrogen-bond donors (Lipinski definition) is 1. The Kier molecular flexibility index (Phi) is 4.39. The molecule has 2 rings (SSSR count). The van der Waals surface area contributed by atoms with Crippen LogP contribution >= 0.6 is 11.3 Å². The van der Waals surface area contributed by atoms with Gasteiger partial charge in [0, 0.05) is 10.6 Å². The van der Waals surface area contributed by atoms with Crippen molar-refractivity contribution in [1.82, 2.24) is 4.98 Å². The standard InChI is InChI=1S/C15H18N2O2S/c1-9-12(15(18)19-4)6-5-7-13(9)17-11(3)14-10(2)16-8-20-14/h5-8,11,17H,1-4H3. The molecule has 0 bridgehead atoms. The van der Waals surface area contributed by atoms with E-state index in [-0.39, 0.29) is 12.0 Å². The van der Waals surface area contributed by atoms with Gasteiger partial charge in [-0.3, -0.25) is 0 Å². The van der Waals surface area contributed by atoms with E-state index in [2.05, 4.69) is 17.2 Å². The van der Waals surface area contributed by atoms with E-state index in [4.69, 9.17) is 4.74 Å². The van der Waals surface area contributed by atoms with Crippen LogP contribution in [0, 0.1) is 13.8 Å². The molecule has 0 spiro atoms. The predicted molar refractivity (Wildman–Crippen MR) is 81.4 cm³/mol. The normalized spacial score (nSPS) is 12.0. The van der Waals surface area contributed by atoms with Gasteiger partial charge >= 0.3 is 5.97 Å². The number of aryl methyl sites for hydroxylation is 1. The topological polar surface area (TPSA) is 51.2 Å². The minimum Gasteiger partial charge on any atom is -0.465 e. The summed E-state index contributed by atoms with van der Waals surface area (Å²) in [6.45, 7) is 6.01. The van der Waals surface area contributed by atoms with Crippen molar-refractivity contribution in [2.45, 2.75) is 26.8 Å². The lowest BCUT2D eigenvalue weighted by atomic mass is 10.1. The highest BCUT2D eigenvalue weighted by atomic mass is 32.1. The molecule has 4 nitrogen and oxygen atoms in total. The molecule has 0 saturated heterocycles. The van der Waals surface area contributed by atoms with Crippen molar-refractivity contribution in [3.05, 3.63) is 45.4 Å². The van der Waals surface area contributed by atoms with E-state index in [0.717, 1.165) is 16.9 Å². The van der Waals surface area contributed by atoms with Crippen molar-refractivity contribution in [1.29, 1.82) is 0 Å². The second kappa shape index (κ2) is 6.05. The van der Waals surface area contributed by atoms with Gasteiger partial charge in [-0.2, -0.15) is 0 Å². The summed E-state index contributed by atoms with van der Waals surface area (Å²) in [6.07, 6.45) is 0. The molecule has 5 heteroatoms. The van der Waals surface area contributed by atoms with Crippen LogP contribution in [0.25, 0.3) is 0 Å². The fraction of sp³-hybridized carbons (Fsp3) is 0.333. The molecule has 1 aromatic heterocycles. The summed E-state index contributed by atoms with van der Waals surface area (Å²) in [5.74, 6) is -0.312. The number of nitrogens with one attached hydrogen (secondary N) is 1. The lowest BCUT2D eigenvalue weighted by molar-refractivity contribution is 0.0600. The second-order valence-electron chi connectivity index (χ2n) is 4.64. The van der Waals surface area contributed by atoms with E-state index in [1.165, 1.54) is 12.0 Å². The quantitative estimate of drug-likeness (QED) is 0.872. The Morgan fingerprint density at radius 1 is 1.40 bits per heavy atom. The third kappa shape index (κ3) is 2.82. The van der Waals surface area contributed by atoms with Gasteiger partial charge in [0.2, 0.25) is 0 Å². The summed E-state index contributed by atoms with van der Waals surface area (Å²) in [6, 6.07) is 5.74. The highest BCUT2D eigenvalue weighted by Gasteiger charge is 2.15. The number of nitrogens with zero attached hydrogens (tertiary/aromatic N) is 1. The summed E-state index contributed by atoms with van der Waals surface area (Å²) in [4.78, 5) is 17.2. The molecule has 1 aromatic carbocycles. The molecule has 0 aliphatic heterocycles. The van der Waals surface area contributed by atoms with Gasteiger partial charge in [-0.15, -0.1) is 11.3 Å². The zero-order valence-corrected chi connectivity index (χ0v) is 12.9. The first-order valence-corrected chi connectivity index (χ1v) is 7.27. The molecule has 0 radical (unpaired) electrons. The zero-order valence-electron chi connectivity index (χ0n) is 12.1. The van der Waals surface area contributed by atoms with Gasteiger partial charge in [0.25, 0.3) is 0 Å². The summed E-state index contributed by atoms with van der Waals surface area (Å²) >= 11 is 1.63. The molecule has 0 aliphatic rings. The minimum atomic E-state index is -0.312. The molecule has 0 fully saturated rings. The maximum Gasteiger partial charge on any atom is 0.338 e. The molecular formula is C15H18N2O2S. The van der Waals surface area contributed by atoms with E-state index < -0.39 is 0 Å². The number of carbonyl (C=O) groups is 1. The largest absolute Gasteiger partial charge is 0.465 e. The monoisotopic (exact) mass is 290 g/mol. The summed E-state index contributed by atoms with van der Waals surface area (Å²) in [5, 5.41) is 3.44. The molecule has 106 valence electrons. The number of hydrogen-bond acceptors (Lipinski definition) is 5. The van der Waals surface area contributed by atoms with E-state index >= 15 is 0 Å². The van der Waals surface area contributed by atoms with Crippen LogP contribution in [0.3, 0.4) is 0 Å². The van der Waals surface area contributed by atoms with Crippen LogP contribution in [0.2, 0.25) is 0 Å². The van der Waals surface area contributed by atoms with E-state index in [9.17, 15) is 4.79 Å². The zero-order chi connectivity index (χ0) is 14.7. The lowest BCUT2D eigenvalue weighted by Crippen LogP contribution is -2.10. The van der Waals surface area contributed by atoms with Crippen LogP contribution in [0.1, 0.15) is 39.5 Å². The van der Waals surface area contributed by atoms with Gasteiger partial charge in [0.1, 0.15) is 0 Å². The van der Waals surface area contributed by atoms with Gasteiger partial charge in [0.15, 0.2) is 0 Å². The summed E-state index contributed by atoms with van der Waals surface area (Å²) < 4.78 is 4.79. The number of esters is 1. The maximum absolute atomic E-state index is 11.7. The number of ether oxygens (including phenoxy) is 1. The highest BCUT2D eigenvalue weighted by molar-refractivity contribution is 7.09. The Bertz CT molecular complexity index is 622. The SMILES string of the molecule is COC(=O)c1cccc(NC(C)c2scnc2C)c1C. The Labute approximate surface area is 122 Å². The summed E-state index contributed by atoms with van der Waals surface area (Å²) in [5.41, 5.74) is 5.31. The van der Waals surface area contributed by atoms with Crippen molar-refractivity contribution in [3.63, 3.8) is 0 Å². The molecule has 0 saturated carbocycles. The molecule has 1 N–H and O–H groups in total. The molecule has 1 unspecified atom stereocenters. The van der Waals surface area contributed by atoms with E-state index in [1.807, 2.05) is 31.5 Å². The van der Waals surface area contributed by atoms with Gasteiger partial charge in [0.05, 0.1) is 29.9 Å². The number of methoxy groups -OCH3 is 1. The second-order valence-corrected chi connectivity index (χ2v) is 5.52. The van der Waals surface area contributed by atoms with Gasteiger partial charge in [-0.1, -0.05) is 6.07 Å². The van der Waals surface area contributed by atoms with Crippen LogP contribution in [0.15, 0.2) is 23.7 Å². The minimum absolute atomic E-state index is 0.147. The first-order chi connectivity index (χ1) is 9.54. The van der Waals surface area contributed by atoms with Crippen LogP contribution in [-0.2, 0) is 4.74 Å². The van der Waals surface area contributed by atoms with Crippen LogP contribution < -0.4 is 5.32 Å². The number of anilines is 1. The Balaban J connectivity index is 2.26. The van der Waals surface area contributed by atoms with Gasteiger partial charge < -0.3 is 10.1 Å². The maximum atomic E-state index is 11.7. The average molecular weight is 290 g/mol. The third-order valence-corrected chi connectivity index (χ3v) is 4.40. The summed E-state index contributed by atoms with van der Waals surface area (Å²) in [7, 11) is 1.39. The molecule has 0 aliphatic carbocycles. The number of rotatable bonds is 4. The van der Waals surface area contributed by atoms with Crippen LogP contribution in [0.4, 0.5) is 5.69 Å². The number of thiazole rings is 1. The molecule has 1 atom stereocenters. The first kappa shape index (κ1) is 14.5. The molecule has 2 aromatic rings. The lowest BCUT2D eigenvalue weighted by Gasteiger charge is -2.17. The number of aromatic nitrogens is 1. The van der Waals surface area contributed by atoms with Crippen molar-refractivity contribution in [3.8, 4) is 0 Å². The predicted octanol–water partition coefficient (Wildman–Crippen LogP) is 3.72. The Morgan fingerprint density at radius 3 is 2.75 bits per heavy atom. The third-order valence-electron chi connectivity index (χ3n) is 3.29. The molecule has 1 heterocycles. The van der Waals surface area contributed by atoms with Gasteiger partial charge in [-0.05, 0) is 38.5 Å². The fourth-order valence-electron chi connectivity index (χ4n) is 2.15. The van der Waals surface area contributed by atoms with Crippen molar-refractivity contribution < 1.29 is 9.53 Å². The van der Waals surface area contributed by atoms with Crippen molar-refractivity contribution in [2.75, 3.05) is 12.4 Å². The van der Waals surface area contributed by atoms with E-state index in [1.54, 1.807) is 17.4 Å². The Morgan fingerprint density at radius 2 is 2.15 bits per heavy atom. The fourth-order valence-corrected chi connectivity index (χ4v) is 2.96. The number of carbonyl (C=O) groups excluding carboxylic acids is 1. The average Bonchev–Trinajstić information content (AvgIpc) is 2.86. The highest BCUT2D eigenvalue weighted by Crippen LogP contribution is 2.28. The van der Waals surface area contributed by atoms with Gasteiger partial charge in [-0.25, -0.2) is 9.78 Å². The molecule has 0 amide bonds. The molecule has 20 heavy (non-hydrogen) atoms. The van der Waals surface area contributed by atoms with Crippen LogP contribution in [-0.4, -0.2) is 18.1 Å². The first-order valence-electron chi connectivity index (χ1n) is 6.39. The molecular weight excluding hydrogens is 272 g/mol. The van der Waals surface area contributed by atoms with Crippen molar-refractivity contribution >= 4 is 23.0 Å². The number of benzene rings is 1.